The number of ether oxygens (including phenoxy) is 2. The molecule has 0 aliphatic carbocycles. The van der Waals surface area contributed by atoms with Gasteiger partial charge in [0.05, 0.1) is 40.0 Å². The van der Waals surface area contributed by atoms with E-state index < -0.39 is 10.0 Å². The molecule has 3 heterocycles. The van der Waals surface area contributed by atoms with E-state index in [9.17, 15) is 13.2 Å². The molecule has 1 unspecified atom stereocenters. The molecule has 3 N–H and O–H groups in total. The second-order valence-electron chi connectivity index (χ2n) is 9.82. The summed E-state index contributed by atoms with van der Waals surface area (Å²) < 4.78 is 39.0. The second-order valence-corrected chi connectivity index (χ2v) is 12.7. The summed E-state index contributed by atoms with van der Waals surface area (Å²) >= 11 is 19.3. The maximum atomic E-state index is 13.2. The van der Waals surface area contributed by atoms with E-state index in [1.54, 1.807) is 36.4 Å². The fourth-order valence-electron chi connectivity index (χ4n) is 4.73. The number of methoxy groups -OCH3 is 2. The number of nitrogens with one attached hydrogen (secondary N) is 3. The van der Waals surface area contributed by atoms with Crippen LogP contribution in [0.3, 0.4) is 0 Å². The van der Waals surface area contributed by atoms with E-state index in [2.05, 4.69) is 30.3 Å². The predicted octanol–water partition coefficient (Wildman–Crippen LogP) is 5.30. The van der Waals surface area contributed by atoms with Gasteiger partial charge in [-0.3, -0.25) is 4.72 Å². The van der Waals surface area contributed by atoms with Crippen molar-refractivity contribution in [3.8, 4) is 17.0 Å². The van der Waals surface area contributed by atoms with Crippen LogP contribution in [-0.2, 0) is 14.8 Å². The van der Waals surface area contributed by atoms with Gasteiger partial charge in [0.1, 0.15) is 0 Å². The van der Waals surface area contributed by atoms with E-state index in [1.807, 2.05) is 6.07 Å². The van der Waals surface area contributed by atoms with Gasteiger partial charge >= 0.3 is 6.03 Å². The van der Waals surface area contributed by atoms with E-state index in [-0.39, 0.29) is 38.6 Å². The molecule has 1 fully saturated rings. The van der Waals surface area contributed by atoms with Crippen LogP contribution in [0.2, 0.25) is 15.1 Å². The lowest BCUT2D eigenvalue weighted by Crippen LogP contribution is -2.40. The minimum atomic E-state index is -4.18. The van der Waals surface area contributed by atoms with Crippen LogP contribution in [0, 0.1) is 0 Å². The first-order valence-electron chi connectivity index (χ1n) is 13.4. The number of hydrogen-bond acceptors (Lipinski definition) is 9. The van der Waals surface area contributed by atoms with Crippen molar-refractivity contribution in [2.24, 2.45) is 0 Å². The number of rotatable bonds is 10. The molecule has 5 rings (SSSR count). The number of hydrogen-bond donors (Lipinski definition) is 3. The van der Waals surface area contributed by atoms with E-state index in [1.165, 1.54) is 25.4 Å². The van der Waals surface area contributed by atoms with Gasteiger partial charge in [-0.2, -0.15) is 0 Å². The van der Waals surface area contributed by atoms with Crippen molar-refractivity contribution in [1.82, 2.24) is 25.2 Å². The molecule has 0 spiro atoms. The predicted molar refractivity (Wildman–Crippen MR) is 170 cm³/mol. The van der Waals surface area contributed by atoms with Crippen LogP contribution in [0.15, 0.2) is 53.7 Å². The highest BCUT2D eigenvalue weighted by atomic mass is 35.5. The molecule has 0 saturated carbocycles. The van der Waals surface area contributed by atoms with E-state index in [0.717, 1.165) is 6.42 Å². The van der Waals surface area contributed by atoms with Gasteiger partial charge in [0, 0.05) is 56.1 Å². The van der Waals surface area contributed by atoms with Crippen molar-refractivity contribution in [2.45, 2.75) is 17.4 Å². The molecule has 1 aliphatic heterocycles. The Labute approximate surface area is 269 Å². The number of halogens is 3. The van der Waals surface area contributed by atoms with Crippen molar-refractivity contribution >= 4 is 73.4 Å². The van der Waals surface area contributed by atoms with Gasteiger partial charge in [0.15, 0.2) is 4.90 Å². The van der Waals surface area contributed by atoms with E-state index in [4.69, 9.17) is 44.3 Å². The summed E-state index contributed by atoms with van der Waals surface area (Å²) in [5.41, 5.74) is 1.82. The van der Waals surface area contributed by atoms with Crippen LogP contribution in [0.5, 0.6) is 5.88 Å². The highest BCUT2D eigenvalue weighted by Crippen LogP contribution is 2.41. The van der Waals surface area contributed by atoms with Crippen molar-refractivity contribution in [3.63, 3.8) is 0 Å². The Balaban J connectivity index is 1.34. The Morgan fingerprint density at radius 1 is 1.09 bits per heavy atom. The summed E-state index contributed by atoms with van der Waals surface area (Å²) in [6.07, 6.45) is 3.71. The number of fused-ring (bicyclic) bond motifs is 1. The first-order chi connectivity index (χ1) is 21.1. The van der Waals surface area contributed by atoms with Crippen molar-refractivity contribution in [2.75, 3.05) is 50.5 Å². The average Bonchev–Trinajstić information content (AvgIpc) is 3.47. The molecule has 2 aromatic heterocycles. The lowest BCUT2D eigenvalue weighted by atomic mass is 10.0. The molecule has 16 heteroatoms. The SMILES string of the molecule is COCCNC(=O)N1CCC(Nc2ncc3cc(-c4c(Cl)ccc(NS(=O)(=O)c5cc(Cl)cnc5OC)c4Cl)ccc3n2)C1. The normalized spacial score (nSPS) is 14.9. The quantitative estimate of drug-likeness (QED) is 0.190. The maximum absolute atomic E-state index is 13.2. The number of nitrogens with zero attached hydrogens (tertiary/aromatic N) is 4. The summed E-state index contributed by atoms with van der Waals surface area (Å²) in [6.45, 7) is 2.05. The van der Waals surface area contributed by atoms with Gasteiger partial charge in [-0.25, -0.2) is 28.2 Å². The second kappa shape index (κ2) is 13.6. The van der Waals surface area contributed by atoms with Gasteiger partial charge < -0.3 is 25.0 Å². The Bertz CT molecular complexity index is 1810. The molecule has 1 saturated heterocycles. The number of likely N-dealkylation sites (tertiary alicyclic amines) is 1. The Kier molecular flexibility index (Phi) is 9.81. The third kappa shape index (κ3) is 7.02. The number of anilines is 2. The molecule has 0 radical (unpaired) electrons. The minimum absolute atomic E-state index is 0.00620. The summed E-state index contributed by atoms with van der Waals surface area (Å²) in [6, 6.07) is 9.52. The van der Waals surface area contributed by atoms with Gasteiger partial charge in [-0.1, -0.05) is 40.9 Å². The standard InChI is InChI=1S/C28H28Cl3N7O5S/c1-42-10-8-32-28(39)38-9-7-19(15-38)35-27-34-13-17-11-16(3-5-21(17)36-27)24-20(30)4-6-22(25(24)31)37-44(40,41)23-12-18(29)14-33-26(23)43-2/h3-6,11-14,19,37H,7-10,15H2,1-2H3,(H,32,39)(H,34,35,36). The highest BCUT2D eigenvalue weighted by Gasteiger charge is 2.27. The zero-order chi connectivity index (χ0) is 31.4. The molecule has 1 atom stereocenters. The van der Waals surface area contributed by atoms with Gasteiger partial charge in [-0.05, 0) is 42.3 Å². The summed E-state index contributed by atoms with van der Waals surface area (Å²) in [7, 11) is -1.29. The third-order valence-electron chi connectivity index (χ3n) is 6.86. The number of urea groups is 1. The van der Waals surface area contributed by atoms with E-state index in [0.29, 0.717) is 59.2 Å². The largest absolute Gasteiger partial charge is 0.480 e. The van der Waals surface area contributed by atoms with Gasteiger partial charge in [-0.15, -0.1) is 0 Å². The molecule has 0 bridgehead atoms. The molecular weight excluding hydrogens is 653 g/mol. The molecule has 232 valence electrons. The highest BCUT2D eigenvalue weighted by molar-refractivity contribution is 7.92. The molecule has 2 amide bonds. The summed E-state index contributed by atoms with van der Waals surface area (Å²) in [4.78, 5) is 26.8. The van der Waals surface area contributed by atoms with Crippen LogP contribution in [0.1, 0.15) is 6.42 Å². The molecule has 1 aliphatic rings. The zero-order valence-electron chi connectivity index (χ0n) is 23.6. The fraction of sp³-hybridized carbons (Fsp3) is 0.286. The van der Waals surface area contributed by atoms with Gasteiger partial charge in [0.25, 0.3) is 10.0 Å². The molecular formula is C28H28Cl3N7O5S. The monoisotopic (exact) mass is 679 g/mol. The van der Waals surface area contributed by atoms with Crippen LogP contribution in [0.25, 0.3) is 22.0 Å². The number of carbonyl (C=O) groups is 1. The molecule has 4 aromatic rings. The number of pyridine rings is 1. The first kappa shape index (κ1) is 31.8. The maximum Gasteiger partial charge on any atom is 0.317 e. The lowest BCUT2D eigenvalue weighted by Gasteiger charge is -2.18. The smallest absolute Gasteiger partial charge is 0.317 e. The Morgan fingerprint density at radius 2 is 1.91 bits per heavy atom. The number of aromatic nitrogens is 3. The fourth-order valence-corrected chi connectivity index (χ4v) is 6.86. The Morgan fingerprint density at radius 3 is 2.68 bits per heavy atom. The van der Waals surface area contributed by atoms with Crippen molar-refractivity contribution in [3.05, 3.63) is 63.9 Å². The number of carbonyl (C=O) groups excluding carboxylic acids is 1. The molecule has 12 nitrogen and oxygen atoms in total. The molecule has 44 heavy (non-hydrogen) atoms. The zero-order valence-corrected chi connectivity index (χ0v) is 26.7. The average molecular weight is 681 g/mol. The Hall–Kier alpha value is -3.62. The number of amides is 2. The minimum Gasteiger partial charge on any atom is -0.480 e. The van der Waals surface area contributed by atoms with Crippen LogP contribution in [-0.4, -0.2) is 80.8 Å². The summed E-state index contributed by atoms with van der Waals surface area (Å²) in [5, 5.41) is 7.37. The summed E-state index contributed by atoms with van der Waals surface area (Å²) in [5.74, 6) is 0.319. The number of benzene rings is 2. The van der Waals surface area contributed by atoms with Crippen LogP contribution in [0.4, 0.5) is 16.4 Å². The van der Waals surface area contributed by atoms with Crippen molar-refractivity contribution < 1.29 is 22.7 Å². The molecule has 2 aromatic carbocycles. The number of sulfonamides is 1. The van der Waals surface area contributed by atoms with Crippen LogP contribution < -0.4 is 20.1 Å². The topological polar surface area (TPSA) is 148 Å². The third-order valence-corrected chi connectivity index (χ3v) is 9.14. The van der Waals surface area contributed by atoms with Crippen molar-refractivity contribution in [1.29, 1.82) is 0 Å². The van der Waals surface area contributed by atoms with Crippen LogP contribution >= 0.6 is 34.8 Å². The van der Waals surface area contributed by atoms with Gasteiger partial charge in [0.2, 0.25) is 11.8 Å². The van der Waals surface area contributed by atoms with E-state index >= 15 is 0 Å². The first-order valence-corrected chi connectivity index (χ1v) is 16.0. The lowest BCUT2D eigenvalue weighted by molar-refractivity contribution is 0.185.